The summed E-state index contributed by atoms with van der Waals surface area (Å²) in [5, 5.41) is 2.89. The zero-order valence-corrected chi connectivity index (χ0v) is 14.9. The number of benzene rings is 2. The first kappa shape index (κ1) is 16.6. The number of anilines is 3. The molecule has 22 heavy (non-hydrogen) atoms. The molecule has 1 amide bonds. The minimum absolute atomic E-state index is 0.131. The van der Waals surface area contributed by atoms with Gasteiger partial charge in [0.15, 0.2) is 0 Å². The summed E-state index contributed by atoms with van der Waals surface area (Å²) in [6.07, 6.45) is 0. The van der Waals surface area contributed by atoms with E-state index in [1.807, 2.05) is 30.3 Å². The van der Waals surface area contributed by atoms with Crippen molar-refractivity contribution in [3.8, 4) is 0 Å². The van der Waals surface area contributed by atoms with Gasteiger partial charge in [0, 0.05) is 27.9 Å². The van der Waals surface area contributed by atoms with Crippen LogP contribution in [0, 0.1) is 3.57 Å². The Morgan fingerprint density at radius 1 is 1.18 bits per heavy atom. The van der Waals surface area contributed by atoms with E-state index in [-0.39, 0.29) is 5.91 Å². The van der Waals surface area contributed by atoms with Crippen LogP contribution in [0.25, 0.3) is 0 Å². The van der Waals surface area contributed by atoms with Crippen molar-refractivity contribution in [1.29, 1.82) is 0 Å². The van der Waals surface area contributed by atoms with E-state index in [1.54, 1.807) is 12.1 Å². The summed E-state index contributed by atoms with van der Waals surface area (Å²) >= 11 is 2.19. The SMILES string of the molecule is CCN(CC)c1ccc(NC(=O)c2cccc(I)c2)cc1N. The second-order valence-corrected chi connectivity index (χ2v) is 6.16. The summed E-state index contributed by atoms with van der Waals surface area (Å²) in [7, 11) is 0. The van der Waals surface area contributed by atoms with E-state index in [0.29, 0.717) is 16.9 Å². The Labute approximate surface area is 144 Å². The standard InChI is InChI=1S/C17H20IN3O/c1-3-21(4-2)16-9-8-14(11-15(16)19)20-17(22)12-6-5-7-13(18)10-12/h5-11H,3-4,19H2,1-2H3,(H,20,22). The molecule has 116 valence electrons. The van der Waals surface area contributed by atoms with Crippen molar-refractivity contribution in [2.75, 3.05) is 29.0 Å². The van der Waals surface area contributed by atoms with Gasteiger partial charge in [0.25, 0.3) is 5.91 Å². The van der Waals surface area contributed by atoms with Crippen molar-refractivity contribution in [3.05, 3.63) is 51.6 Å². The minimum Gasteiger partial charge on any atom is -0.397 e. The average molecular weight is 409 g/mol. The molecular formula is C17H20IN3O. The number of carbonyl (C=O) groups excluding carboxylic acids is 1. The average Bonchev–Trinajstić information content (AvgIpc) is 2.50. The van der Waals surface area contributed by atoms with Crippen LogP contribution in [0.4, 0.5) is 17.1 Å². The number of hydrogen-bond acceptors (Lipinski definition) is 3. The lowest BCUT2D eigenvalue weighted by molar-refractivity contribution is 0.102. The summed E-state index contributed by atoms with van der Waals surface area (Å²) < 4.78 is 1.03. The van der Waals surface area contributed by atoms with Crippen LogP contribution in [0.1, 0.15) is 24.2 Å². The smallest absolute Gasteiger partial charge is 0.255 e. The Balaban J connectivity index is 2.17. The van der Waals surface area contributed by atoms with Crippen LogP contribution < -0.4 is 16.0 Å². The molecule has 0 radical (unpaired) electrons. The van der Waals surface area contributed by atoms with E-state index < -0.39 is 0 Å². The lowest BCUT2D eigenvalue weighted by atomic mass is 10.2. The van der Waals surface area contributed by atoms with Gasteiger partial charge in [0.2, 0.25) is 0 Å². The van der Waals surface area contributed by atoms with Crippen molar-refractivity contribution in [3.63, 3.8) is 0 Å². The zero-order chi connectivity index (χ0) is 16.1. The molecule has 0 bridgehead atoms. The van der Waals surface area contributed by atoms with Gasteiger partial charge in [0.05, 0.1) is 11.4 Å². The van der Waals surface area contributed by atoms with Gasteiger partial charge in [-0.25, -0.2) is 0 Å². The predicted molar refractivity (Wildman–Crippen MR) is 102 cm³/mol. The molecule has 0 aliphatic rings. The van der Waals surface area contributed by atoms with Crippen molar-refractivity contribution >= 4 is 45.6 Å². The maximum absolute atomic E-state index is 12.2. The van der Waals surface area contributed by atoms with Gasteiger partial charge in [-0.3, -0.25) is 4.79 Å². The molecule has 0 spiro atoms. The highest BCUT2D eigenvalue weighted by molar-refractivity contribution is 14.1. The number of halogens is 1. The molecule has 0 saturated carbocycles. The molecule has 4 nitrogen and oxygen atoms in total. The second-order valence-electron chi connectivity index (χ2n) is 4.91. The number of amides is 1. The molecule has 5 heteroatoms. The molecule has 2 aromatic carbocycles. The Kier molecular flexibility index (Phi) is 5.65. The molecule has 2 aromatic rings. The highest BCUT2D eigenvalue weighted by Gasteiger charge is 2.10. The molecule has 0 fully saturated rings. The third-order valence-corrected chi connectivity index (χ3v) is 4.15. The summed E-state index contributed by atoms with van der Waals surface area (Å²) in [6.45, 7) is 5.98. The molecule has 3 N–H and O–H groups in total. The molecule has 0 aliphatic carbocycles. The number of nitrogens with zero attached hydrogens (tertiary/aromatic N) is 1. The first-order valence-electron chi connectivity index (χ1n) is 7.26. The minimum atomic E-state index is -0.131. The van der Waals surface area contributed by atoms with Gasteiger partial charge >= 0.3 is 0 Å². The van der Waals surface area contributed by atoms with Gasteiger partial charge in [-0.05, 0) is 72.8 Å². The lowest BCUT2D eigenvalue weighted by Crippen LogP contribution is -2.23. The van der Waals surface area contributed by atoms with Gasteiger partial charge < -0.3 is 16.0 Å². The number of nitrogen functional groups attached to an aromatic ring is 1. The van der Waals surface area contributed by atoms with Crippen LogP contribution in [0.5, 0.6) is 0 Å². The third-order valence-electron chi connectivity index (χ3n) is 3.48. The Morgan fingerprint density at radius 2 is 1.91 bits per heavy atom. The highest BCUT2D eigenvalue weighted by atomic mass is 127. The highest BCUT2D eigenvalue weighted by Crippen LogP contribution is 2.26. The summed E-state index contributed by atoms with van der Waals surface area (Å²) in [4.78, 5) is 14.4. The van der Waals surface area contributed by atoms with Crippen LogP contribution in [-0.2, 0) is 0 Å². The van der Waals surface area contributed by atoms with Crippen LogP contribution in [-0.4, -0.2) is 19.0 Å². The molecule has 0 heterocycles. The first-order valence-corrected chi connectivity index (χ1v) is 8.34. The van der Waals surface area contributed by atoms with E-state index in [0.717, 1.165) is 22.3 Å². The fourth-order valence-corrected chi connectivity index (χ4v) is 2.86. The van der Waals surface area contributed by atoms with E-state index in [9.17, 15) is 4.79 Å². The topological polar surface area (TPSA) is 58.4 Å². The van der Waals surface area contributed by atoms with Gasteiger partial charge in [-0.15, -0.1) is 0 Å². The van der Waals surface area contributed by atoms with Gasteiger partial charge in [0.1, 0.15) is 0 Å². The van der Waals surface area contributed by atoms with Crippen molar-refractivity contribution in [1.82, 2.24) is 0 Å². The van der Waals surface area contributed by atoms with E-state index >= 15 is 0 Å². The number of nitrogens with one attached hydrogen (secondary N) is 1. The second kappa shape index (κ2) is 7.49. The van der Waals surface area contributed by atoms with Crippen LogP contribution >= 0.6 is 22.6 Å². The number of nitrogens with two attached hydrogens (primary N) is 1. The third kappa shape index (κ3) is 3.91. The molecule has 0 atom stereocenters. The van der Waals surface area contributed by atoms with E-state index in [1.165, 1.54) is 0 Å². The quantitative estimate of drug-likeness (QED) is 0.581. The predicted octanol–water partition coefficient (Wildman–Crippen LogP) is 3.97. The maximum atomic E-state index is 12.2. The zero-order valence-electron chi connectivity index (χ0n) is 12.8. The van der Waals surface area contributed by atoms with Crippen LogP contribution in [0.2, 0.25) is 0 Å². The van der Waals surface area contributed by atoms with Crippen molar-refractivity contribution < 1.29 is 4.79 Å². The summed E-state index contributed by atoms with van der Waals surface area (Å²) in [6, 6.07) is 13.1. The lowest BCUT2D eigenvalue weighted by Gasteiger charge is -2.23. The van der Waals surface area contributed by atoms with Crippen molar-refractivity contribution in [2.45, 2.75) is 13.8 Å². The molecule has 0 aliphatic heterocycles. The maximum Gasteiger partial charge on any atom is 0.255 e. The largest absolute Gasteiger partial charge is 0.397 e. The van der Waals surface area contributed by atoms with E-state index in [4.69, 9.17) is 5.73 Å². The molecular weight excluding hydrogens is 389 g/mol. The monoisotopic (exact) mass is 409 g/mol. The van der Waals surface area contributed by atoms with E-state index in [2.05, 4.69) is 46.7 Å². The Morgan fingerprint density at radius 3 is 2.50 bits per heavy atom. The fourth-order valence-electron chi connectivity index (χ4n) is 2.32. The van der Waals surface area contributed by atoms with Crippen LogP contribution in [0.15, 0.2) is 42.5 Å². The number of hydrogen-bond donors (Lipinski definition) is 2. The normalized spacial score (nSPS) is 10.3. The Hall–Kier alpha value is -1.76. The fraction of sp³-hybridized carbons (Fsp3) is 0.235. The van der Waals surface area contributed by atoms with Gasteiger partial charge in [-0.1, -0.05) is 6.07 Å². The number of carbonyl (C=O) groups is 1. The van der Waals surface area contributed by atoms with Crippen molar-refractivity contribution in [2.24, 2.45) is 0 Å². The Bertz CT molecular complexity index is 669. The molecule has 0 saturated heterocycles. The van der Waals surface area contributed by atoms with Crippen LogP contribution in [0.3, 0.4) is 0 Å². The molecule has 0 aromatic heterocycles. The first-order chi connectivity index (χ1) is 10.5. The molecule has 0 unspecified atom stereocenters. The molecule has 2 rings (SSSR count). The summed E-state index contributed by atoms with van der Waals surface area (Å²) in [5.74, 6) is -0.131. The van der Waals surface area contributed by atoms with Gasteiger partial charge in [-0.2, -0.15) is 0 Å². The summed E-state index contributed by atoms with van der Waals surface area (Å²) in [5.41, 5.74) is 9.13. The number of rotatable bonds is 5.